The van der Waals surface area contributed by atoms with E-state index in [9.17, 15) is 13.6 Å². The molecule has 0 aromatic heterocycles. The van der Waals surface area contributed by atoms with Crippen molar-refractivity contribution in [2.24, 2.45) is 0 Å². The van der Waals surface area contributed by atoms with Gasteiger partial charge in [0.2, 0.25) is 5.75 Å². The van der Waals surface area contributed by atoms with Crippen LogP contribution in [0.25, 0.3) is 0 Å². The molecule has 101 valence electrons. The van der Waals surface area contributed by atoms with Gasteiger partial charge in [-0.15, -0.1) is 0 Å². The van der Waals surface area contributed by atoms with E-state index in [0.717, 1.165) is 17.6 Å². The molecule has 0 bridgehead atoms. The smallest absolute Gasteiger partial charge is 0.404 e. The average molecular weight is 274 g/mol. The Hall–Kier alpha value is -2.37. The summed E-state index contributed by atoms with van der Waals surface area (Å²) in [7, 11) is 1.90. The lowest BCUT2D eigenvalue weighted by Crippen LogP contribution is -2.19. The van der Waals surface area contributed by atoms with Gasteiger partial charge in [-0.3, -0.25) is 5.32 Å². The van der Waals surface area contributed by atoms with Gasteiger partial charge in [0, 0.05) is 5.69 Å². The van der Waals surface area contributed by atoms with Gasteiger partial charge >= 0.3 is 6.09 Å². The number of nitrogens with one attached hydrogen (secondary N) is 1. The number of rotatable bonds is 3. The van der Waals surface area contributed by atoms with Crippen molar-refractivity contribution in [1.82, 2.24) is 0 Å². The molecule has 2 aromatic rings. The highest BCUT2D eigenvalue weighted by Gasteiger charge is 2.14. The van der Waals surface area contributed by atoms with Gasteiger partial charge in [0.25, 0.3) is 0 Å². The number of hydrogen-bond donors (Lipinski definition) is 1. The first-order chi connectivity index (χ1) is 9.60. The van der Waals surface area contributed by atoms with Crippen molar-refractivity contribution in [2.45, 2.75) is 6.82 Å². The van der Waals surface area contributed by atoms with Gasteiger partial charge < -0.3 is 4.74 Å². The van der Waals surface area contributed by atoms with Crippen LogP contribution in [0, 0.1) is 11.6 Å². The highest BCUT2D eigenvalue weighted by molar-refractivity contribution is 6.51. The monoisotopic (exact) mass is 274 g/mol. The lowest BCUT2D eigenvalue weighted by Gasteiger charge is -2.08. The van der Waals surface area contributed by atoms with Crippen LogP contribution < -0.4 is 15.5 Å². The summed E-state index contributed by atoms with van der Waals surface area (Å²) in [5, 5.41) is 2.39. The van der Waals surface area contributed by atoms with E-state index in [-0.39, 0.29) is 0 Å². The minimum Gasteiger partial charge on any atom is -0.404 e. The van der Waals surface area contributed by atoms with Gasteiger partial charge in [0.15, 0.2) is 11.6 Å². The molecule has 0 heterocycles. The highest BCUT2D eigenvalue weighted by Crippen LogP contribution is 2.21. The van der Waals surface area contributed by atoms with Gasteiger partial charge in [-0.05, 0) is 24.3 Å². The minimum atomic E-state index is -0.956. The predicted octanol–water partition coefficient (Wildman–Crippen LogP) is 2.95. The molecule has 0 spiro atoms. The van der Waals surface area contributed by atoms with Crippen LogP contribution in [0.4, 0.5) is 19.3 Å². The average Bonchev–Trinajstić information content (AvgIpc) is 2.44. The third-order valence-electron chi connectivity index (χ3n) is 2.60. The molecule has 0 saturated carbocycles. The molecule has 6 heteroatoms. The van der Waals surface area contributed by atoms with E-state index in [1.165, 1.54) is 6.07 Å². The quantitative estimate of drug-likeness (QED) is 0.874. The molecule has 2 aromatic carbocycles. The molecule has 0 saturated heterocycles. The molecule has 20 heavy (non-hydrogen) atoms. The summed E-state index contributed by atoms with van der Waals surface area (Å²) in [6.07, 6.45) is -0.956. The van der Waals surface area contributed by atoms with Crippen molar-refractivity contribution in [3.63, 3.8) is 0 Å². The van der Waals surface area contributed by atoms with Crippen molar-refractivity contribution < 1.29 is 18.3 Å². The topological polar surface area (TPSA) is 38.3 Å². The summed E-state index contributed by atoms with van der Waals surface area (Å²) in [5.74, 6) is -2.59. The van der Waals surface area contributed by atoms with Gasteiger partial charge in [0.1, 0.15) is 7.28 Å². The Balaban J connectivity index is 2.05. The number of halogens is 2. The third kappa shape index (κ3) is 3.35. The molecule has 1 N–H and O–H groups in total. The Morgan fingerprint density at radius 1 is 1.10 bits per heavy atom. The molecule has 1 radical (unpaired) electrons. The maximum Gasteiger partial charge on any atom is 0.417 e. The second-order valence-corrected chi connectivity index (χ2v) is 3.98. The first-order valence-electron chi connectivity index (χ1n) is 5.92. The van der Waals surface area contributed by atoms with E-state index >= 15 is 0 Å². The summed E-state index contributed by atoms with van der Waals surface area (Å²) in [6.45, 7) is 1.89. The second kappa shape index (κ2) is 6.19. The van der Waals surface area contributed by atoms with Crippen molar-refractivity contribution in [3.8, 4) is 5.75 Å². The molecular formula is C14H11BF2NO2. The van der Waals surface area contributed by atoms with Crippen LogP contribution in [-0.4, -0.2) is 13.4 Å². The largest absolute Gasteiger partial charge is 0.417 e. The number of carbonyl (C=O) groups excluding carboxylic acids is 1. The van der Waals surface area contributed by atoms with Crippen molar-refractivity contribution >= 4 is 24.5 Å². The number of anilines is 1. The summed E-state index contributed by atoms with van der Waals surface area (Å²) in [4.78, 5) is 11.6. The molecule has 0 aliphatic carbocycles. The molecule has 0 unspecified atom stereocenters. The fraction of sp³-hybridized carbons (Fsp3) is 0.0714. The van der Waals surface area contributed by atoms with E-state index in [2.05, 4.69) is 10.1 Å². The number of para-hydroxylation sites is 1. The number of amides is 1. The Labute approximate surface area is 115 Å². The zero-order valence-corrected chi connectivity index (χ0v) is 10.7. The second-order valence-electron chi connectivity index (χ2n) is 3.98. The summed E-state index contributed by atoms with van der Waals surface area (Å²) >= 11 is 0. The molecule has 0 fully saturated rings. The van der Waals surface area contributed by atoms with Gasteiger partial charge in [-0.2, -0.15) is 0 Å². The minimum absolute atomic E-state index is 0.470. The maximum atomic E-state index is 13.3. The number of carbonyl (C=O) groups is 1. The molecule has 3 nitrogen and oxygen atoms in total. The van der Waals surface area contributed by atoms with Crippen LogP contribution in [0.5, 0.6) is 5.75 Å². The Morgan fingerprint density at radius 3 is 2.25 bits per heavy atom. The molecule has 0 aliphatic heterocycles. The Morgan fingerprint density at radius 2 is 1.70 bits per heavy atom. The van der Waals surface area contributed by atoms with Gasteiger partial charge in [-0.25, -0.2) is 13.6 Å². The van der Waals surface area contributed by atoms with Crippen LogP contribution in [0.1, 0.15) is 0 Å². The molecule has 1 amide bonds. The van der Waals surface area contributed by atoms with Crippen molar-refractivity contribution in [2.75, 3.05) is 5.32 Å². The SMILES string of the molecule is C[B]c1ccc(NC(=O)Oc2c(F)cccc2F)cc1. The van der Waals surface area contributed by atoms with Gasteiger partial charge in [-0.1, -0.05) is 30.5 Å². The Bertz CT molecular complexity index is 597. The van der Waals surface area contributed by atoms with E-state index in [1.807, 2.05) is 14.1 Å². The first kappa shape index (κ1) is 14.1. The molecule has 0 aliphatic rings. The molecule has 0 atom stereocenters. The third-order valence-corrected chi connectivity index (χ3v) is 2.60. The van der Waals surface area contributed by atoms with Crippen LogP contribution in [0.15, 0.2) is 42.5 Å². The maximum absolute atomic E-state index is 13.3. The zero-order chi connectivity index (χ0) is 14.5. The normalized spacial score (nSPS) is 9.95. The van der Waals surface area contributed by atoms with Gasteiger partial charge in [0.05, 0.1) is 0 Å². The van der Waals surface area contributed by atoms with Crippen molar-refractivity contribution in [3.05, 3.63) is 54.1 Å². The standard InChI is InChI=1S/C14H11BF2NO2/c1-15-9-5-7-10(8-6-9)18-14(19)20-13-11(16)3-2-4-12(13)17/h2-8H,1H3,(H,18,19). The van der Waals surface area contributed by atoms with E-state index in [4.69, 9.17) is 0 Å². The number of ether oxygens (including phenoxy) is 1. The molecular weight excluding hydrogens is 263 g/mol. The van der Waals surface area contributed by atoms with Crippen LogP contribution in [0.2, 0.25) is 6.82 Å². The lowest BCUT2D eigenvalue weighted by molar-refractivity contribution is 0.210. The van der Waals surface area contributed by atoms with Crippen molar-refractivity contribution in [1.29, 1.82) is 0 Å². The van der Waals surface area contributed by atoms with E-state index < -0.39 is 23.5 Å². The van der Waals surface area contributed by atoms with E-state index in [0.29, 0.717) is 5.69 Å². The predicted molar refractivity (Wildman–Crippen MR) is 73.7 cm³/mol. The van der Waals surface area contributed by atoms with Crippen LogP contribution >= 0.6 is 0 Å². The summed E-state index contributed by atoms with van der Waals surface area (Å²) < 4.78 is 31.2. The lowest BCUT2D eigenvalue weighted by atomic mass is 9.73. The summed E-state index contributed by atoms with van der Waals surface area (Å²) in [5.41, 5.74) is 1.46. The Kier molecular flexibility index (Phi) is 4.35. The number of benzene rings is 2. The van der Waals surface area contributed by atoms with Crippen LogP contribution in [0.3, 0.4) is 0 Å². The fourth-order valence-electron chi connectivity index (χ4n) is 1.57. The fourth-order valence-corrected chi connectivity index (χ4v) is 1.57. The first-order valence-corrected chi connectivity index (χ1v) is 5.92. The number of hydrogen-bond acceptors (Lipinski definition) is 2. The van der Waals surface area contributed by atoms with E-state index in [1.54, 1.807) is 24.3 Å². The van der Waals surface area contributed by atoms with Crippen LogP contribution in [-0.2, 0) is 0 Å². The molecule has 2 rings (SSSR count). The summed E-state index contributed by atoms with van der Waals surface area (Å²) in [6, 6.07) is 10.1. The highest BCUT2D eigenvalue weighted by atomic mass is 19.1. The zero-order valence-electron chi connectivity index (χ0n) is 10.7.